The first kappa shape index (κ1) is 13.2. The fourth-order valence-electron chi connectivity index (χ4n) is 1.89. The van der Waals surface area contributed by atoms with Crippen LogP contribution in [-0.2, 0) is 13.2 Å². The normalized spacial score (nSPS) is 10.2. The number of aromatic nitrogens is 2. The van der Waals surface area contributed by atoms with E-state index in [0.29, 0.717) is 12.2 Å². The average molecular weight is 255 g/mol. The predicted octanol–water partition coefficient (Wildman–Crippen LogP) is 3.05. The van der Waals surface area contributed by atoms with Crippen LogP contribution in [0.2, 0.25) is 0 Å². The van der Waals surface area contributed by atoms with Gasteiger partial charge in [-0.3, -0.25) is 0 Å². The van der Waals surface area contributed by atoms with E-state index < -0.39 is 0 Å². The summed E-state index contributed by atoms with van der Waals surface area (Å²) in [6.45, 7) is 5.51. The minimum Gasteiger partial charge on any atom is -0.487 e. The largest absolute Gasteiger partial charge is 0.487 e. The molecule has 19 heavy (non-hydrogen) atoms. The molecule has 0 atom stereocenters. The monoisotopic (exact) mass is 255 g/mol. The maximum absolute atomic E-state index is 8.90. The molecule has 0 saturated carbocycles. The van der Waals surface area contributed by atoms with E-state index in [4.69, 9.17) is 10.00 Å². The topological polar surface area (TPSA) is 50.8 Å². The SMILES string of the molecule is CCCn1cncc1COc1cc(C#N)ccc1C. The summed E-state index contributed by atoms with van der Waals surface area (Å²) >= 11 is 0. The van der Waals surface area contributed by atoms with Crippen LogP contribution < -0.4 is 4.74 Å². The van der Waals surface area contributed by atoms with Crippen LogP contribution in [0.25, 0.3) is 0 Å². The zero-order valence-electron chi connectivity index (χ0n) is 11.3. The Labute approximate surface area is 113 Å². The van der Waals surface area contributed by atoms with Gasteiger partial charge in [0.25, 0.3) is 0 Å². The first-order valence-corrected chi connectivity index (χ1v) is 6.37. The molecule has 2 aromatic rings. The zero-order chi connectivity index (χ0) is 13.7. The second kappa shape index (κ2) is 6.05. The number of benzene rings is 1. The van der Waals surface area contributed by atoms with Crippen LogP contribution >= 0.6 is 0 Å². The van der Waals surface area contributed by atoms with Crippen molar-refractivity contribution in [1.29, 1.82) is 5.26 Å². The summed E-state index contributed by atoms with van der Waals surface area (Å²) in [5, 5.41) is 8.90. The van der Waals surface area contributed by atoms with Gasteiger partial charge in [0, 0.05) is 6.54 Å². The van der Waals surface area contributed by atoms with Gasteiger partial charge >= 0.3 is 0 Å². The molecule has 4 heteroatoms. The Bertz CT molecular complexity index is 596. The van der Waals surface area contributed by atoms with Crippen LogP contribution in [0.5, 0.6) is 5.75 Å². The molecular formula is C15H17N3O. The quantitative estimate of drug-likeness (QED) is 0.825. The number of imidazole rings is 1. The van der Waals surface area contributed by atoms with E-state index in [-0.39, 0.29) is 0 Å². The molecule has 1 heterocycles. The molecule has 98 valence electrons. The first-order chi connectivity index (χ1) is 9.24. The average Bonchev–Trinajstić information content (AvgIpc) is 2.86. The maximum Gasteiger partial charge on any atom is 0.130 e. The van der Waals surface area contributed by atoms with Crippen molar-refractivity contribution >= 4 is 0 Å². The van der Waals surface area contributed by atoms with Gasteiger partial charge in [-0.1, -0.05) is 13.0 Å². The number of nitriles is 1. The summed E-state index contributed by atoms with van der Waals surface area (Å²) in [6.07, 6.45) is 4.70. The van der Waals surface area contributed by atoms with Crippen molar-refractivity contribution in [3.8, 4) is 11.8 Å². The van der Waals surface area contributed by atoms with Crippen LogP contribution in [0.4, 0.5) is 0 Å². The van der Waals surface area contributed by atoms with E-state index in [1.807, 2.05) is 25.5 Å². The molecule has 2 rings (SSSR count). The fraction of sp³-hybridized carbons (Fsp3) is 0.333. The molecular weight excluding hydrogens is 238 g/mol. The highest BCUT2D eigenvalue weighted by Gasteiger charge is 2.05. The van der Waals surface area contributed by atoms with E-state index in [1.54, 1.807) is 12.1 Å². The molecule has 0 aliphatic heterocycles. The number of aryl methyl sites for hydroxylation is 2. The lowest BCUT2D eigenvalue weighted by molar-refractivity contribution is 0.292. The summed E-state index contributed by atoms with van der Waals surface area (Å²) in [7, 11) is 0. The molecule has 0 radical (unpaired) electrons. The van der Waals surface area contributed by atoms with Crippen molar-refractivity contribution < 1.29 is 4.74 Å². The molecule has 0 bridgehead atoms. The molecule has 0 fully saturated rings. The highest BCUT2D eigenvalue weighted by Crippen LogP contribution is 2.20. The molecule has 0 spiro atoms. The van der Waals surface area contributed by atoms with Crippen molar-refractivity contribution in [2.24, 2.45) is 0 Å². The Morgan fingerprint density at radius 2 is 2.26 bits per heavy atom. The van der Waals surface area contributed by atoms with E-state index in [1.165, 1.54) is 0 Å². The molecule has 4 nitrogen and oxygen atoms in total. The van der Waals surface area contributed by atoms with Gasteiger partial charge in [-0.05, 0) is 31.0 Å². The summed E-state index contributed by atoms with van der Waals surface area (Å²) < 4.78 is 7.89. The summed E-state index contributed by atoms with van der Waals surface area (Å²) in [5.41, 5.74) is 2.69. The molecule has 0 unspecified atom stereocenters. The van der Waals surface area contributed by atoms with Crippen molar-refractivity contribution in [3.63, 3.8) is 0 Å². The molecule has 0 aliphatic carbocycles. The third kappa shape index (κ3) is 3.14. The highest BCUT2D eigenvalue weighted by molar-refractivity contribution is 5.41. The van der Waals surface area contributed by atoms with E-state index in [9.17, 15) is 0 Å². The lowest BCUT2D eigenvalue weighted by Crippen LogP contribution is -2.05. The fourth-order valence-corrected chi connectivity index (χ4v) is 1.89. The maximum atomic E-state index is 8.90. The van der Waals surface area contributed by atoms with Gasteiger partial charge in [-0.2, -0.15) is 5.26 Å². The predicted molar refractivity (Wildman–Crippen MR) is 72.7 cm³/mol. The molecule has 0 N–H and O–H groups in total. The second-order valence-electron chi connectivity index (χ2n) is 4.46. The van der Waals surface area contributed by atoms with Gasteiger partial charge in [0.05, 0.1) is 29.9 Å². The van der Waals surface area contributed by atoms with Crippen LogP contribution in [0.3, 0.4) is 0 Å². The van der Waals surface area contributed by atoms with Gasteiger partial charge in [0.15, 0.2) is 0 Å². The van der Waals surface area contributed by atoms with Crippen LogP contribution in [0.1, 0.15) is 30.2 Å². The zero-order valence-corrected chi connectivity index (χ0v) is 11.3. The lowest BCUT2D eigenvalue weighted by Gasteiger charge is -2.11. The minimum absolute atomic E-state index is 0.468. The lowest BCUT2D eigenvalue weighted by atomic mass is 10.1. The molecule has 0 amide bonds. The van der Waals surface area contributed by atoms with E-state index in [0.717, 1.165) is 30.0 Å². The highest BCUT2D eigenvalue weighted by atomic mass is 16.5. The molecule has 1 aromatic heterocycles. The number of nitrogens with zero attached hydrogens (tertiary/aromatic N) is 3. The summed E-state index contributed by atoms with van der Waals surface area (Å²) in [6, 6.07) is 7.59. The van der Waals surface area contributed by atoms with Crippen LogP contribution in [-0.4, -0.2) is 9.55 Å². The van der Waals surface area contributed by atoms with Gasteiger partial charge in [-0.25, -0.2) is 4.98 Å². The summed E-state index contributed by atoms with van der Waals surface area (Å²) in [5.74, 6) is 0.753. The van der Waals surface area contributed by atoms with Crippen molar-refractivity contribution in [2.45, 2.75) is 33.4 Å². The van der Waals surface area contributed by atoms with Gasteiger partial charge < -0.3 is 9.30 Å². The molecule has 0 saturated heterocycles. The Hall–Kier alpha value is -2.28. The van der Waals surface area contributed by atoms with Crippen LogP contribution in [0.15, 0.2) is 30.7 Å². The Morgan fingerprint density at radius 1 is 1.42 bits per heavy atom. The van der Waals surface area contributed by atoms with Crippen molar-refractivity contribution in [1.82, 2.24) is 9.55 Å². The van der Waals surface area contributed by atoms with Gasteiger partial charge in [0.1, 0.15) is 12.4 Å². The minimum atomic E-state index is 0.468. The Morgan fingerprint density at radius 3 is 3.00 bits per heavy atom. The van der Waals surface area contributed by atoms with E-state index >= 15 is 0 Å². The number of rotatable bonds is 5. The van der Waals surface area contributed by atoms with Gasteiger partial charge in [0.2, 0.25) is 0 Å². The second-order valence-corrected chi connectivity index (χ2v) is 4.46. The third-order valence-corrected chi connectivity index (χ3v) is 2.96. The van der Waals surface area contributed by atoms with E-state index in [2.05, 4.69) is 22.5 Å². The first-order valence-electron chi connectivity index (χ1n) is 6.37. The van der Waals surface area contributed by atoms with Crippen molar-refractivity contribution in [3.05, 3.63) is 47.5 Å². The number of hydrogen-bond acceptors (Lipinski definition) is 3. The van der Waals surface area contributed by atoms with Crippen molar-refractivity contribution in [2.75, 3.05) is 0 Å². The smallest absolute Gasteiger partial charge is 0.130 e. The van der Waals surface area contributed by atoms with Crippen LogP contribution in [0, 0.1) is 18.3 Å². The van der Waals surface area contributed by atoms with Gasteiger partial charge in [-0.15, -0.1) is 0 Å². The number of hydrogen-bond donors (Lipinski definition) is 0. The Kier molecular flexibility index (Phi) is 4.19. The standard InChI is InChI=1S/C15H17N3O/c1-3-6-18-11-17-9-14(18)10-19-15-7-13(8-16)5-4-12(15)2/h4-5,7,9,11H,3,6,10H2,1-2H3. The molecule has 1 aromatic carbocycles. The molecule has 0 aliphatic rings. The third-order valence-electron chi connectivity index (χ3n) is 2.96. The summed E-state index contributed by atoms with van der Waals surface area (Å²) in [4.78, 5) is 4.14. The Balaban J connectivity index is 2.10. The number of ether oxygens (including phenoxy) is 1.